The summed E-state index contributed by atoms with van der Waals surface area (Å²) in [6.45, 7) is 7.42. The summed E-state index contributed by atoms with van der Waals surface area (Å²) >= 11 is 0. The molecule has 20 heavy (non-hydrogen) atoms. The Labute approximate surface area is 120 Å². The van der Waals surface area contributed by atoms with Gasteiger partial charge in [-0.2, -0.15) is 0 Å². The van der Waals surface area contributed by atoms with Crippen molar-refractivity contribution in [2.75, 3.05) is 18.9 Å². The van der Waals surface area contributed by atoms with E-state index in [9.17, 15) is 4.79 Å². The SMILES string of the molecule is CC1CC(C)C(C)N(C(=O)COc2cccc(N)c2)C1. The van der Waals surface area contributed by atoms with Crippen molar-refractivity contribution in [2.24, 2.45) is 11.8 Å². The second-order valence-electron chi connectivity index (χ2n) is 5.97. The number of nitrogens with zero attached hydrogens (tertiary/aromatic N) is 1. The van der Waals surface area contributed by atoms with Gasteiger partial charge in [-0.15, -0.1) is 0 Å². The predicted octanol–water partition coefficient (Wildman–Crippen LogP) is 2.54. The van der Waals surface area contributed by atoms with E-state index in [1.54, 1.807) is 12.1 Å². The molecule has 1 amide bonds. The molecule has 0 aliphatic carbocycles. The lowest BCUT2D eigenvalue weighted by Crippen LogP contribution is -2.50. The fraction of sp³-hybridized carbons (Fsp3) is 0.562. The maximum absolute atomic E-state index is 12.3. The van der Waals surface area contributed by atoms with E-state index in [0.717, 1.165) is 6.54 Å². The summed E-state index contributed by atoms with van der Waals surface area (Å²) in [5, 5.41) is 0. The van der Waals surface area contributed by atoms with Crippen molar-refractivity contribution < 1.29 is 9.53 Å². The van der Waals surface area contributed by atoms with Crippen molar-refractivity contribution >= 4 is 11.6 Å². The lowest BCUT2D eigenvalue weighted by atomic mass is 9.86. The minimum Gasteiger partial charge on any atom is -0.484 e. The Morgan fingerprint density at radius 1 is 1.40 bits per heavy atom. The molecule has 1 heterocycles. The topological polar surface area (TPSA) is 55.6 Å². The monoisotopic (exact) mass is 276 g/mol. The van der Waals surface area contributed by atoms with Gasteiger partial charge in [0.25, 0.3) is 5.91 Å². The highest BCUT2D eigenvalue weighted by Crippen LogP contribution is 2.27. The molecule has 3 unspecified atom stereocenters. The Morgan fingerprint density at radius 2 is 2.15 bits per heavy atom. The van der Waals surface area contributed by atoms with Crippen LogP contribution in [0.15, 0.2) is 24.3 Å². The second-order valence-corrected chi connectivity index (χ2v) is 5.97. The van der Waals surface area contributed by atoms with Crippen LogP contribution in [0.3, 0.4) is 0 Å². The van der Waals surface area contributed by atoms with Crippen molar-refractivity contribution in [3.05, 3.63) is 24.3 Å². The molecule has 2 rings (SSSR count). The molecule has 0 saturated carbocycles. The molecule has 1 aromatic carbocycles. The van der Waals surface area contributed by atoms with Crippen LogP contribution in [0.4, 0.5) is 5.69 Å². The number of carbonyl (C=O) groups excluding carboxylic acids is 1. The summed E-state index contributed by atoms with van der Waals surface area (Å²) in [5.41, 5.74) is 6.33. The molecule has 0 bridgehead atoms. The number of benzene rings is 1. The standard InChI is InChI=1S/C16H24N2O2/c1-11-7-12(2)13(3)18(9-11)16(19)10-20-15-6-4-5-14(17)8-15/h4-6,8,11-13H,7,9-10,17H2,1-3H3. The fourth-order valence-electron chi connectivity index (χ4n) is 2.88. The van der Waals surface area contributed by atoms with E-state index in [0.29, 0.717) is 23.3 Å². The Hall–Kier alpha value is -1.71. The van der Waals surface area contributed by atoms with Crippen LogP contribution in [0.2, 0.25) is 0 Å². The highest BCUT2D eigenvalue weighted by molar-refractivity contribution is 5.78. The maximum Gasteiger partial charge on any atom is 0.260 e. The number of carbonyl (C=O) groups is 1. The van der Waals surface area contributed by atoms with Gasteiger partial charge in [-0.3, -0.25) is 4.79 Å². The third kappa shape index (κ3) is 3.44. The highest BCUT2D eigenvalue weighted by atomic mass is 16.5. The first-order chi connectivity index (χ1) is 9.47. The molecule has 0 spiro atoms. The summed E-state index contributed by atoms with van der Waals surface area (Å²) in [4.78, 5) is 14.3. The zero-order chi connectivity index (χ0) is 14.7. The van der Waals surface area contributed by atoms with Crippen molar-refractivity contribution in [3.63, 3.8) is 0 Å². The van der Waals surface area contributed by atoms with E-state index in [1.807, 2.05) is 17.0 Å². The van der Waals surface area contributed by atoms with E-state index >= 15 is 0 Å². The van der Waals surface area contributed by atoms with Crippen molar-refractivity contribution in [2.45, 2.75) is 33.2 Å². The van der Waals surface area contributed by atoms with Crippen LogP contribution in [0, 0.1) is 11.8 Å². The first kappa shape index (κ1) is 14.7. The molecule has 3 atom stereocenters. The first-order valence-electron chi connectivity index (χ1n) is 7.25. The van der Waals surface area contributed by atoms with Crippen LogP contribution in [-0.4, -0.2) is 30.0 Å². The lowest BCUT2D eigenvalue weighted by molar-refractivity contribution is -0.139. The van der Waals surface area contributed by atoms with Crippen LogP contribution in [0.5, 0.6) is 5.75 Å². The summed E-state index contributed by atoms with van der Waals surface area (Å²) in [6.07, 6.45) is 1.18. The minimum atomic E-state index is 0.0540. The number of hydrogen-bond acceptors (Lipinski definition) is 3. The lowest BCUT2D eigenvalue weighted by Gasteiger charge is -2.41. The van der Waals surface area contributed by atoms with Gasteiger partial charge in [-0.1, -0.05) is 19.9 Å². The van der Waals surface area contributed by atoms with Crippen LogP contribution < -0.4 is 10.5 Å². The quantitative estimate of drug-likeness (QED) is 0.863. The predicted molar refractivity (Wildman–Crippen MR) is 80.5 cm³/mol. The van der Waals surface area contributed by atoms with E-state index in [2.05, 4.69) is 20.8 Å². The number of anilines is 1. The number of likely N-dealkylation sites (tertiary alicyclic amines) is 1. The van der Waals surface area contributed by atoms with E-state index < -0.39 is 0 Å². The second kappa shape index (κ2) is 6.16. The molecule has 4 nitrogen and oxygen atoms in total. The van der Waals surface area contributed by atoms with Gasteiger partial charge in [0.2, 0.25) is 0 Å². The molecule has 0 aromatic heterocycles. The van der Waals surface area contributed by atoms with Crippen molar-refractivity contribution in [3.8, 4) is 5.75 Å². The normalized spacial score (nSPS) is 26.4. The molecule has 1 aromatic rings. The van der Waals surface area contributed by atoms with Gasteiger partial charge < -0.3 is 15.4 Å². The Bertz CT molecular complexity index is 475. The molecule has 1 fully saturated rings. The third-order valence-corrected chi connectivity index (χ3v) is 4.14. The molecule has 110 valence electrons. The Kier molecular flexibility index (Phi) is 4.53. The van der Waals surface area contributed by atoms with E-state index in [4.69, 9.17) is 10.5 Å². The number of nitrogens with two attached hydrogens (primary N) is 1. The Morgan fingerprint density at radius 3 is 2.85 bits per heavy atom. The number of ether oxygens (including phenoxy) is 1. The van der Waals surface area contributed by atoms with Gasteiger partial charge in [-0.05, 0) is 37.3 Å². The first-order valence-corrected chi connectivity index (χ1v) is 7.25. The summed E-state index contributed by atoms with van der Waals surface area (Å²) < 4.78 is 5.55. The van der Waals surface area contributed by atoms with Gasteiger partial charge in [-0.25, -0.2) is 0 Å². The number of rotatable bonds is 3. The maximum atomic E-state index is 12.3. The molecule has 1 saturated heterocycles. The average Bonchev–Trinajstić information content (AvgIpc) is 2.40. The van der Waals surface area contributed by atoms with Gasteiger partial charge in [0.15, 0.2) is 6.61 Å². The largest absolute Gasteiger partial charge is 0.484 e. The van der Waals surface area contributed by atoms with Crippen molar-refractivity contribution in [1.82, 2.24) is 4.90 Å². The van der Waals surface area contributed by atoms with Gasteiger partial charge in [0.05, 0.1) is 0 Å². The Balaban J connectivity index is 1.94. The molecule has 4 heteroatoms. The summed E-state index contributed by atoms with van der Waals surface area (Å²) in [6, 6.07) is 7.45. The van der Waals surface area contributed by atoms with Crippen LogP contribution >= 0.6 is 0 Å². The number of nitrogen functional groups attached to an aromatic ring is 1. The number of piperidine rings is 1. The minimum absolute atomic E-state index is 0.0540. The van der Waals surface area contributed by atoms with Gasteiger partial charge in [0, 0.05) is 24.3 Å². The molecule has 0 radical (unpaired) electrons. The highest BCUT2D eigenvalue weighted by Gasteiger charge is 2.31. The molecule has 1 aliphatic rings. The van der Waals surface area contributed by atoms with Gasteiger partial charge >= 0.3 is 0 Å². The number of amides is 1. The fourth-order valence-corrected chi connectivity index (χ4v) is 2.88. The molecular formula is C16H24N2O2. The molecule has 1 aliphatic heterocycles. The summed E-state index contributed by atoms with van der Waals surface area (Å²) in [5.74, 6) is 1.79. The third-order valence-electron chi connectivity index (χ3n) is 4.14. The van der Waals surface area contributed by atoms with Gasteiger partial charge in [0.1, 0.15) is 5.75 Å². The average molecular weight is 276 g/mol. The van der Waals surface area contributed by atoms with Crippen molar-refractivity contribution in [1.29, 1.82) is 0 Å². The van der Waals surface area contributed by atoms with Crippen LogP contribution in [0.25, 0.3) is 0 Å². The number of hydrogen-bond donors (Lipinski definition) is 1. The summed E-state index contributed by atoms with van der Waals surface area (Å²) in [7, 11) is 0. The molecular weight excluding hydrogens is 252 g/mol. The molecule has 2 N–H and O–H groups in total. The van der Waals surface area contributed by atoms with Crippen LogP contribution in [-0.2, 0) is 4.79 Å². The van der Waals surface area contributed by atoms with E-state index in [-0.39, 0.29) is 18.6 Å². The zero-order valence-electron chi connectivity index (χ0n) is 12.5. The van der Waals surface area contributed by atoms with E-state index in [1.165, 1.54) is 6.42 Å². The zero-order valence-corrected chi connectivity index (χ0v) is 12.5. The van der Waals surface area contributed by atoms with Crippen LogP contribution in [0.1, 0.15) is 27.2 Å². The smallest absolute Gasteiger partial charge is 0.260 e.